The van der Waals surface area contributed by atoms with E-state index in [9.17, 15) is 9.18 Å². The lowest BCUT2D eigenvalue weighted by molar-refractivity contribution is 0.102. The number of nitrogens with one attached hydrogen (secondary N) is 1. The molecule has 3 aromatic carbocycles. The number of halogens is 2. The number of fused-ring (bicyclic) bond motifs is 1. The van der Waals surface area contributed by atoms with Crippen molar-refractivity contribution >= 4 is 34.1 Å². The first kappa shape index (κ1) is 19.9. The summed E-state index contributed by atoms with van der Waals surface area (Å²) >= 11 is 5.79. The third kappa shape index (κ3) is 4.11. The third-order valence-electron chi connectivity index (χ3n) is 4.58. The molecule has 0 aliphatic carbocycles. The number of carbonyl (C=O) groups excluding carboxylic acids is 1. The Morgan fingerprint density at radius 1 is 1.07 bits per heavy atom. The van der Waals surface area contributed by atoms with Gasteiger partial charge in [0.05, 0.1) is 22.8 Å². The second kappa shape index (κ2) is 8.51. The first-order chi connectivity index (χ1) is 14.5. The molecule has 0 radical (unpaired) electrons. The number of rotatable bonds is 5. The largest absolute Gasteiger partial charge is 0.493 e. The quantitative estimate of drug-likeness (QED) is 0.409. The van der Waals surface area contributed by atoms with E-state index in [0.29, 0.717) is 23.6 Å². The Balaban J connectivity index is 1.71. The monoisotopic (exact) mass is 420 g/mol. The standard InChI is InChI=1S/C24H18ClFN2O2/c1-2-30-23-14-22(15-6-4-3-5-7-15)28-21-11-8-16(12-18(21)23)24(29)27-17-9-10-20(26)19(25)13-17/h3-14H,2H2,1H3,(H,27,29). The van der Waals surface area contributed by atoms with E-state index in [4.69, 9.17) is 21.3 Å². The van der Waals surface area contributed by atoms with Crippen molar-refractivity contribution in [2.75, 3.05) is 11.9 Å². The molecule has 0 aliphatic rings. The SMILES string of the molecule is CCOc1cc(-c2ccccc2)nc2ccc(C(=O)Nc3ccc(F)c(Cl)c3)cc12. The van der Waals surface area contributed by atoms with Crippen LogP contribution < -0.4 is 10.1 Å². The summed E-state index contributed by atoms with van der Waals surface area (Å²) in [6, 6.07) is 21.0. The van der Waals surface area contributed by atoms with Gasteiger partial charge in [-0.1, -0.05) is 41.9 Å². The van der Waals surface area contributed by atoms with E-state index in [1.165, 1.54) is 18.2 Å². The van der Waals surface area contributed by atoms with Gasteiger partial charge < -0.3 is 10.1 Å². The van der Waals surface area contributed by atoms with Gasteiger partial charge in [0.15, 0.2) is 0 Å². The number of benzene rings is 3. The summed E-state index contributed by atoms with van der Waals surface area (Å²) in [7, 11) is 0. The predicted octanol–water partition coefficient (Wildman–Crippen LogP) is 6.35. The van der Waals surface area contributed by atoms with Gasteiger partial charge in [-0.05, 0) is 43.3 Å². The molecular weight excluding hydrogens is 403 g/mol. The topological polar surface area (TPSA) is 51.2 Å². The van der Waals surface area contributed by atoms with Crippen molar-refractivity contribution in [3.05, 3.63) is 89.2 Å². The van der Waals surface area contributed by atoms with E-state index in [2.05, 4.69) is 5.32 Å². The Morgan fingerprint density at radius 2 is 1.87 bits per heavy atom. The number of carbonyl (C=O) groups is 1. The van der Waals surface area contributed by atoms with Gasteiger partial charge in [-0.3, -0.25) is 4.79 Å². The van der Waals surface area contributed by atoms with Gasteiger partial charge in [0, 0.05) is 28.3 Å². The molecule has 0 fully saturated rings. The van der Waals surface area contributed by atoms with Gasteiger partial charge in [-0.15, -0.1) is 0 Å². The number of aromatic nitrogens is 1. The Labute approximate surface area is 178 Å². The molecule has 4 rings (SSSR count). The molecule has 0 unspecified atom stereocenters. The fourth-order valence-corrected chi connectivity index (χ4v) is 3.33. The minimum Gasteiger partial charge on any atom is -0.493 e. The van der Waals surface area contributed by atoms with Crippen molar-refractivity contribution in [3.63, 3.8) is 0 Å². The molecule has 150 valence electrons. The van der Waals surface area contributed by atoms with E-state index in [1.807, 2.05) is 43.3 Å². The lowest BCUT2D eigenvalue weighted by Gasteiger charge is -2.12. The molecule has 1 N–H and O–H groups in total. The van der Waals surface area contributed by atoms with Crippen LogP contribution in [0.25, 0.3) is 22.2 Å². The highest BCUT2D eigenvalue weighted by atomic mass is 35.5. The Hall–Kier alpha value is -3.44. The van der Waals surface area contributed by atoms with E-state index >= 15 is 0 Å². The van der Waals surface area contributed by atoms with E-state index < -0.39 is 5.82 Å². The van der Waals surface area contributed by atoms with Crippen LogP contribution in [0.15, 0.2) is 72.8 Å². The van der Waals surface area contributed by atoms with Gasteiger partial charge in [-0.2, -0.15) is 0 Å². The Bertz CT molecular complexity index is 1230. The molecule has 1 amide bonds. The Kier molecular flexibility index (Phi) is 5.63. The minimum absolute atomic E-state index is 0.0532. The zero-order chi connectivity index (χ0) is 21.1. The van der Waals surface area contributed by atoms with Crippen LogP contribution in [0.4, 0.5) is 10.1 Å². The average Bonchev–Trinajstić information content (AvgIpc) is 2.76. The van der Waals surface area contributed by atoms with Crippen LogP contribution in [-0.4, -0.2) is 17.5 Å². The van der Waals surface area contributed by atoms with E-state index in [1.54, 1.807) is 18.2 Å². The lowest BCUT2D eigenvalue weighted by Crippen LogP contribution is -2.12. The number of ether oxygens (including phenoxy) is 1. The number of amides is 1. The number of pyridine rings is 1. The van der Waals surface area contributed by atoms with Gasteiger partial charge in [0.25, 0.3) is 5.91 Å². The summed E-state index contributed by atoms with van der Waals surface area (Å²) in [5.74, 6) is -0.225. The highest BCUT2D eigenvalue weighted by molar-refractivity contribution is 6.31. The molecule has 0 bridgehead atoms. The summed E-state index contributed by atoms with van der Waals surface area (Å²) in [6.45, 7) is 2.39. The maximum atomic E-state index is 13.3. The van der Waals surface area contributed by atoms with Gasteiger partial charge >= 0.3 is 0 Å². The summed E-state index contributed by atoms with van der Waals surface area (Å²) < 4.78 is 19.2. The number of hydrogen-bond donors (Lipinski definition) is 1. The number of anilines is 1. The molecule has 1 heterocycles. The van der Waals surface area contributed by atoms with Crippen LogP contribution in [-0.2, 0) is 0 Å². The summed E-state index contributed by atoms with van der Waals surface area (Å²) in [4.78, 5) is 17.4. The molecule has 1 aromatic heterocycles. The van der Waals surface area contributed by atoms with Crippen molar-refractivity contribution in [1.29, 1.82) is 0 Å². The van der Waals surface area contributed by atoms with Crippen LogP contribution in [0.2, 0.25) is 5.02 Å². The first-order valence-electron chi connectivity index (χ1n) is 9.44. The molecule has 6 heteroatoms. The van der Waals surface area contributed by atoms with Crippen molar-refractivity contribution in [2.45, 2.75) is 6.92 Å². The summed E-state index contributed by atoms with van der Waals surface area (Å²) in [5.41, 5.74) is 3.34. The summed E-state index contributed by atoms with van der Waals surface area (Å²) in [5, 5.41) is 3.41. The minimum atomic E-state index is -0.540. The van der Waals surface area contributed by atoms with Gasteiger partial charge in [0.1, 0.15) is 11.6 Å². The average molecular weight is 421 g/mol. The van der Waals surface area contributed by atoms with Gasteiger partial charge in [0.2, 0.25) is 0 Å². The molecule has 4 aromatic rings. The summed E-state index contributed by atoms with van der Waals surface area (Å²) in [6.07, 6.45) is 0. The number of hydrogen-bond acceptors (Lipinski definition) is 3. The van der Waals surface area contributed by atoms with Crippen LogP contribution in [0.3, 0.4) is 0 Å². The molecule has 4 nitrogen and oxygen atoms in total. The maximum Gasteiger partial charge on any atom is 0.255 e. The van der Waals surface area contributed by atoms with Crippen LogP contribution in [0.1, 0.15) is 17.3 Å². The Morgan fingerprint density at radius 3 is 2.60 bits per heavy atom. The highest BCUT2D eigenvalue weighted by Gasteiger charge is 2.13. The molecule has 0 spiro atoms. The lowest BCUT2D eigenvalue weighted by atomic mass is 10.1. The van der Waals surface area contributed by atoms with E-state index in [-0.39, 0.29) is 10.9 Å². The second-order valence-electron chi connectivity index (χ2n) is 6.62. The van der Waals surface area contributed by atoms with E-state index in [0.717, 1.165) is 22.2 Å². The second-order valence-corrected chi connectivity index (χ2v) is 7.03. The normalized spacial score (nSPS) is 10.8. The van der Waals surface area contributed by atoms with Crippen LogP contribution >= 0.6 is 11.6 Å². The molecule has 0 saturated carbocycles. The molecule has 30 heavy (non-hydrogen) atoms. The van der Waals surface area contributed by atoms with Crippen molar-refractivity contribution in [2.24, 2.45) is 0 Å². The third-order valence-corrected chi connectivity index (χ3v) is 4.87. The maximum absolute atomic E-state index is 13.3. The van der Waals surface area contributed by atoms with Crippen LogP contribution in [0, 0.1) is 5.82 Å². The zero-order valence-electron chi connectivity index (χ0n) is 16.2. The zero-order valence-corrected chi connectivity index (χ0v) is 16.9. The molecular formula is C24H18ClFN2O2. The molecule has 0 atom stereocenters. The fraction of sp³-hybridized carbons (Fsp3) is 0.0833. The first-order valence-corrected chi connectivity index (χ1v) is 9.82. The molecule has 0 saturated heterocycles. The smallest absolute Gasteiger partial charge is 0.255 e. The predicted molar refractivity (Wildman–Crippen MR) is 118 cm³/mol. The molecule has 0 aliphatic heterocycles. The van der Waals surface area contributed by atoms with Crippen molar-refractivity contribution in [3.8, 4) is 17.0 Å². The van der Waals surface area contributed by atoms with Crippen LogP contribution in [0.5, 0.6) is 5.75 Å². The van der Waals surface area contributed by atoms with Gasteiger partial charge in [-0.25, -0.2) is 9.37 Å². The van der Waals surface area contributed by atoms with Crippen molar-refractivity contribution < 1.29 is 13.9 Å². The fourth-order valence-electron chi connectivity index (χ4n) is 3.14. The highest BCUT2D eigenvalue weighted by Crippen LogP contribution is 2.31. The van der Waals surface area contributed by atoms with Crippen molar-refractivity contribution in [1.82, 2.24) is 4.98 Å². The number of nitrogens with zero attached hydrogens (tertiary/aromatic N) is 1.